The maximum Gasteiger partial charge on any atom is 0.243 e. The fraction of sp³-hybridized carbons (Fsp3) is 0.412. The largest absolute Gasteiger partial charge is 0.352 e. The Hall–Kier alpha value is -3.65. The summed E-state index contributed by atoms with van der Waals surface area (Å²) in [6.45, 7) is 10.3. The molecule has 3 aromatic rings. The van der Waals surface area contributed by atoms with E-state index in [1.807, 2.05) is 101 Å². The van der Waals surface area contributed by atoms with E-state index >= 15 is 0 Å². The summed E-state index contributed by atoms with van der Waals surface area (Å²) >= 11 is 0. The van der Waals surface area contributed by atoms with Crippen LogP contribution in [-0.2, 0) is 32.6 Å². The number of anilines is 1. The van der Waals surface area contributed by atoms with Gasteiger partial charge in [-0.25, -0.2) is 8.42 Å². The first-order valence-electron chi connectivity index (χ1n) is 14.6. The summed E-state index contributed by atoms with van der Waals surface area (Å²) in [5.74, 6) is -0.379. The molecule has 0 radical (unpaired) electrons. The number of rotatable bonds is 14. The van der Waals surface area contributed by atoms with E-state index in [9.17, 15) is 18.0 Å². The van der Waals surface area contributed by atoms with Gasteiger partial charge in [-0.1, -0.05) is 73.7 Å². The van der Waals surface area contributed by atoms with Crippen molar-refractivity contribution in [3.63, 3.8) is 0 Å². The second-order valence-electron chi connectivity index (χ2n) is 11.1. The summed E-state index contributed by atoms with van der Waals surface area (Å²) in [5.41, 5.74) is 5.47. The van der Waals surface area contributed by atoms with Crippen LogP contribution in [0, 0.1) is 20.8 Å². The van der Waals surface area contributed by atoms with E-state index in [-0.39, 0.29) is 37.4 Å². The molecule has 0 aliphatic heterocycles. The minimum Gasteiger partial charge on any atom is -0.352 e. The van der Waals surface area contributed by atoms with E-state index in [1.54, 1.807) is 11.0 Å². The van der Waals surface area contributed by atoms with Crippen LogP contribution < -0.4 is 9.62 Å². The molecule has 7 nitrogen and oxygen atoms in total. The van der Waals surface area contributed by atoms with Gasteiger partial charge in [-0.3, -0.25) is 13.9 Å². The van der Waals surface area contributed by atoms with Gasteiger partial charge >= 0.3 is 0 Å². The number of carbonyl (C=O) groups excluding carboxylic acids is 2. The second-order valence-corrected chi connectivity index (χ2v) is 13.0. The van der Waals surface area contributed by atoms with Crippen molar-refractivity contribution in [2.45, 2.75) is 78.9 Å². The van der Waals surface area contributed by atoms with Crippen LogP contribution in [0.4, 0.5) is 5.69 Å². The van der Waals surface area contributed by atoms with Crippen LogP contribution in [0.25, 0.3) is 0 Å². The maximum atomic E-state index is 14.0. The number of nitrogens with zero attached hydrogens (tertiary/aromatic N) is 2. The molecule has 0 unspecified atom stereocenters. The third-order valence-corrected chi connectivity index (χ3v) is 9.05. The Bertz CT molecular complexity index is 1460. The first-order valence-corrected chi connectivity index (χ1v) is 16.5. The second kappa shape index (κ2) is 15.0. The molecule has 0 aliphatic carbocycles. The number of sulfonamides is 1. The zero-order valence-corrected chi connectivity index (χ0v) is 26.6. The molecule has 3 aromatic carbocycles. The van der Waals surface area contributed by atoms with Crippen molar-refractivity contribution in [1.29, 1.82) is 0 Å². The molecule has 2 amide bonds. The van der Waals surface area contributed by atoms with Crippen LogP contribution in [0.2, 0.25) is 0 Å². The van der Waals surface area contributed by atoms with E-state index in [1.165, 1.54) is 10.6 Å². The highest BCUT2D eigenvalue weighted by molar-refractivity contribution is 7.92. The summed E-state index contributed by atoms with van der Waals surface area (Å²) in [6, 6.07) is 22.4. The Labute approximate surface area is 252 Å². The van der Waals surface area contributed by atoms with Crippen molar-refractivity contribution < 1.29 is 18.0 Å². The van der Waals surface area contributed by atoms with Gasteiger partial charge in [-0.15, -0.1) is 0 Å². The summed E-state index contributed by atoms with van der Waals surface area (Å²) < 4.78 is 27.0. The molecule has 0 bridgehead atoms. The lowest BCUT2D eigenvalue weighted by Crippen LogP contribution is -2.52. The third kappa shape index (κ3) is 8.92. The number of hydrogen-bond donors (Lipinski definition) is 1. The minimum atomic E-state index is -3.57. The highest BCUT2D eigenvalue weighted by Gasteiger charge is 2.31. The maximum absolute atomic E-state index is 14.0. The normalized spacial score (nSPS) is 12.8. The molecule has 0 saturated heterocycles. The van der Waals surface area contributed by atoms with Gasteiger partial charge < -0.3 is 10.2 Å². The molecule has 42 heavy (non-hydrogen) atoms. The van der Waals surface area contributed by atoms with Crippen LogP contribution in [0.1, 0.15) is 60.9 Å². The van der Waals surface area contributed by atoms with Crippen LogP contribution in [-0.4, -0.2) is 50.0 Å². The molecule has 0 aromatic heterocycles. The lowest BCUT2D eigenvalue weighted by atomic mass is 10.0. The van der Waals surface area contributed by atoms with E-state index < -0.39 is 16.1 Å². The van der Waals surface area contributed by atoms with Crippen molar-refractivity contribution >= 4 is 27.5 Å². The van der Waals surface area contributed by atoms with Gasteiger partial charge in [0.2, 0.25) is 21.8 Å². The van der Waals surface area contributed by atoms with Gasteiger partial charge in [0, 0.05) is 32.0 Å². The van der Waals surface area contributed by atoms with E-state index in [0.717, 1.165) is 34.2 Å². The minimum absolute atomic E-state index is 0.0351. The Morgan fingerprint density at radius 3 is 2.17 bits per heavy atom. The molecule has 0 aliphatic rings. The molecule has 3 rings (SSSR count). The SMILES string of the molecule is CC[C@H](C)NC(=O)[C@@H](Cc1ccccc1)N(Cc1ccccc1C)C(=O)CCCN(c1cccc(C)c1C)S(C)(=O)=O. The molecule has 226 valence electrons. The van der Waals surface area contributed by atoms with E-state index in [2.05, 4.69) is 5.32 Å². The molecule has 8 heteroatoms. The third-order valence-electron chi connectivity index (χ3n) is 7.87. The quantitative estimate of drug-likeness (QED) is 0.260. The van der Waals surface area contributed by atoms with Crippen molar-refractivity contribution in [2.75, 3.05) is 17.1 Å². The highest BCUT2D eigenvalue weighted by Crippen LogP contribution is 2.26. The topological polar surface area (TPSA) is 86.8 Å². The molecule has 0 heterocycles. The molecule has 1 N–H and O–H groups in total. The van der Waals surface area contributed by atoms with Crippen LogP contribution in [0.5, 0.6) is 0 Å². The number of nitrogens with one attached hydrogen (secondary N) is 1. The van der Waals surface area contributed by atoms with Gasteiger partial charge in [0.1, 0.15) is 6.04 Å². The van der Waals surface area contributed by atoms with Gasteiger partial charge in [-0.05, 0) is 74.4 Å². The average molecular weight is 592 g/mol. The Balaban J connectivity index is 1.92. The van der Waals surface area contributed by atoms with Crippen LogP contribution in [0.3, 0.4) is 0 Å². The Morgan fingerprint density at radius 2 is 1.52 bits per heavy atom. The number of benzene rings is 3. The van der Waals surface area contributed by atoms with Gasteiger partial charge in [0.25, 0.3) is 0 Å². The molecule has 0 fully saturated rings. The van der Waals surface area contributed by atoms with Crippen molar-refractivity contribution in [3.05, 3.63) is 101 Å². The Morgan fingerprint density at radius 1 is 0.881 bits per heavy atom. The molecular weight excluding hydrogens is 546 g/mol. The average Bonchev–Trinajstić information content (AvgIpc) is 2.95. The number of carbonyl (C=O) groups is 2. The summed E-state index contributed by atoms with van der Waals surface area (Å²) in [7, 11) is -3.57. The first kappa shape index (κ1) is 32.9. The van der Waals surface area contributed by atoms with Gasteiger partial charge in [0.15, 0.2) is 0 Å². The summed E-state index contributed by atoms with van der Waals surface area (Å²) in [6.07, 6.45) is 2.75. The molecule has 0 saturated carbocycles. The summed E-state index contributed by atoms with van der Waals surface area (Å²) in [5, 5.41) is 3.09. The van der Waals surface area contributed by atoms with Crippen LogP contribution in [0.15, 0.2) is 72.8 Å². The van der Waals surface area contributed by atoms with Gasteiger partial charge in [-0.2, -0.15) is 0 Å². The highest BCUT2D eigenvalue weighted by atomic mass is 32.2. The zero-order valence-electron chi connectivity index (χ0n) is 25.8. The van der Waals surface area contributed by atoms with Crippen LogP contribution >= 0.6 is 0 Å². The van der Waals surface area contributed by atoms with Crippen molar-refractivity contribution in [2.24, 2.45) is 0 Å². The lowest BCUT2D eigenvalue weighted by molar-refractivity contribution is -0.141. The molecular formula is C34H45N3O4S. The lowest BCUT2D eigenvalue weighted by Gasteiger charge is -2.33. The van der Waals surface area contributed by atoms with Crippen molar-refractivity contribution in [3.8, 4) is 0 Å². The Kier molecular flexibility index (Phi) is 11.7. The number of hydrogen-bond acceptors (Lipinski definition) is 4. The number of amides is 2. The van der Waals surface area contributed by atoms with Gasteiger partial charge in [0.05, 0.1) is 11.9 Å². The monoisotopic (exact) mass is 591 g/mol. The van der Waals surface area contributed by atoms with Crippen molar-refractivity contribution in [1.82, 2.24) is 10.2 Å². The fourth-order valence-corrected chi connectivity index (χ4v) is 5.97. The van der Waals surface area contributed by atoms with E-state index in [0.29, 0.717) is 18.5 Å². The first-order chi connectivity index (χ1) is 19.9. The zero-order chi connectivity index (χ0) is 30.9. The summed E-state index contributed by atoms with van der Waals surface area (Å²) in [4.78, 5) is 29.4. The predicted octanol–water partition coefficient (Wildman–Crippen LogP) is 5.71. The molecule has 2 atom stereocenters. The van der Waals surface area contributed by atoms with E-state index in [4.69, 9.17) is 0 Å². The molecule has 0 spiro atoms. The standard InChI is InChI=1S/C34H45N3O4S/c1-7-27(4)35-34(39)32(23-29-17-9-8-10-18-29)36(24-30-19-12-11-15-26(30)3)33(38)21-14-22-37(42(6,40)41)31-20-13-16-25(2)28(31)5/h8-13,15-20,27,32H,7,14,21-24H2,1-6H3,(H,35,39)/t27-,32+/m0/s1. The number of aryl methyl sites for hydroxylation is 2. The smallest absolute Gasteiger partial charge is 0.243 e. The fourth-order valence-electron chi connectivity index (χ4n) is 4.95. The predicted molar refractivity (Wildman–Crippen MR) is 171 cm³/mol.